The Morgan fingerprint density at radius 3 is 2.67 bits per heavy atom. The van der Waals surface area contributed by atoms with E-state index < -0.39 is 11.1 Å². The summed E-state index contributed by atoms with van der Waals surface area (Å²) in [5, 5.41) is 11.2. The van der Waals surface area contributed by atoms with Gasteiger partial charge in [-0.3, -0.25) is 10.1 Å². The van der Waals surface area contributed by atoms with Crippen LogP contribution in [-0.4, -0.2) is 17.7 Å². The Bertz CT molecular complexity index is 888. The van der Waals surface area contributed by atoms with Crippen LogP contribution in [0.5, 0.6) is 5.75 Å². The van der Waals surface area contributed by atoms with Gasteiger partial charge in [0.15, 0.2) is 0 Å². The Balaban J connectivity index is 1.89. The van der Waals surface area contributed by atoms with Crippen LogP contribution in [0.1, 0.15) is 25.0 Å². The molecular formula is C19H18N2O3. The van der Waals surface area contributed by atoms with Crippen molar-refractivity contribution in [2.24, 2.45) is 0 Å². The number of para-hydroxylation sites is 1. The fourth-order valence-electron chi connectivity index (χ4n) is 3.85. The van der Waals surface area contributed by atoms with Crippen molar-refractivity contribution >= 4 is 17.5 Å². The second kappa shape index (κ2) is 4.60. The molecule has 0 N–H and O–H groups in total. The molecule has 0 fully saturated rings. The molecule has 2 aromatic carbocycles. The van der Waals surface area contributed by atoms with Gasteiger partial charge < -0.3 is 9.64 Å². The van der Waals surface area contributed by atoms with Gasteiger partial charge >= 0.3 is 0 Å². The molecule has 2 aliphatic heterocycles. The van der Waals surface area contributed by atoms with Gasteiger partial charge in [-0.2, -0.15) is 0 Å². The Labute approximate surface area is 140 Å². The third-order valence-electron chi connectivity index (χ3n) is 5.29. The van der Waals surface area contributed by atoms with Gasteiger partial charge in [0.05, 0.1) is 10.3 Å². The standard InChI is InChI=1S/C19H18N2O3/c1-18(2)15-12-14(21(22)23)8-9-16(15)20(3)19(18)11-10-13-6-4-5-7-17(13)24-19/h4-12H,1-3H3. The van der Waals surface area contributed by atoms with Crippen molar-refractivity contribution in [2.75, 3.05) is 11.9 Å². The van der Waals surface area contributed by atoms with Crippen molar-refractivity contribution in [3.8, 4) is 5.75 Å². The molecule has 0 saturated carbocycles. The Kier molecular flexibility index (Phi) is 2.83. The van der Waals surface area contributed by atoms with E-state index in [9.17, 15) is 10.1 Å². The van der Waals surface area contributed by atoms with Crippen LogP contribution in [0.3, 0.4) is 0 Å². The molecule has 2 aliphatic rings. The highest BCUT2D eigenvalue weighted by molar-refractivity contribution is 5.73. The normalized spacial score (nSPS) is 22.9. The van der Waals surface area contributed by atoms with Gasteiger partial charge in [-0.05, 0) is 43.7 Å². The minimum Gasteiger partial charge on any atom is -0.463 e. The number of likely N-dealkylation sites (N-methyl/N-ethyl adjacent to an activating group) is 1. The maximum Gasteiger partial charge on any atom is 0.269 e. The summed E-state index contributed by atoms with van der Waals surface area (Å²) in [6, 6.07) is 12.9. The average Bonchev–Trinajstić information content (AvgIpc) is 2.73. The topological polar surface area (TPSA) is 55.6 Å². The summed E-state index contributed by atoms with van der Waals surface area (Å²) >= 11 is 0. The minimum absolute atomic E-state index is 0.104. The van der Waals surface area contributed by atoms with Gasteiger partial charge in [-0.15, -0.1) is 0 Å². The van der Waals surface area contributed by atoms with Crippen molar-refractivity contribution in [1.29, 1.82) is 0 Å². The zero-order valence-electron chi connectivity index (χ0n) is 13.8. The first-order valence-electron chi connectivity index (χ1n) is 7.87. The highest BCUT2D eigenvalue weighted by Gasteiger charge is 2.58. The van der Waals surface area contributed by atoms with Crippen LogP contribution in [0, 0.1) is 10.1 Å². The molecule has 1 spiro atoms. The lowest BCUT2D eigenvalue weighted by molar-refractivity contribution is -0.384. The summed E-state index contributed by atoms with van der Waals surface area (Å²) in [6.07, 6.45) is 4.12. The highest BCUT2D eigenvalue weighted by Crippen LogP contribution is 2.54. The van der Waals surface area contributed by atoms with Gasteiger partial charge in [-0.25, -0.2) is 0 Å². The fourth-order valence-corrected chi connectivity index (χ4v) is 3.85. The van der Waals surface area contributed by atoms with Gasteiger partial charge in [0, 0.05) is 30.4 Å². The van der Waals surface area contributed by atoms with Crippen LogP contribution >= 0.6 is 0 Å². The number of hydrogen-bond donors (Lipinski definition) is 0. The molecule has 2 aromatic rings. The van der Waals surface area contributed by atoms with E-state index in [1.807, 2.05) is 37.4 Å². The smallest absolute Gasteiger partial charge is 0.269 e. The molecule has 5 heteroatoms. The number of nitrogens with zero attached hydrogens (tertiary/aromatic N) is 2. The first-order valence-corrected chi connectivity index (χ1v) is 7.87. The summed E-state index contributed by atoms with van der Waals surface area (Å²) in [4.78, 5) is 12.9. The van der Waals surface area contributed by atoms with Crippen molar-refractivity contribution in [1.82, 2.24) is 0 Å². The molecule has 1 atom stereocenters. The summed E-state index contributed by atoms with van der Waals surface area (Å²) in [5.74, 6) is 0.822. The number of hydrogen-bond acceptors (Lipinski definition) is 4. The quantitative estimate of drug-likeness (QED) is 0.585. The van der Waals surface area contributed by atoms with Crippen LogP contribution in [0.4, 0.5) is 11.4 Å². The van der Waals surface area contributed by atoms with Gasteiger partial charge in [0.2, 0.25) is 5.72 Å². The molecule has 1 unspecified atom stereocenters. The van der Waals surface area contributed by atoms with E-state index in [2.05, 4.69) is 30.9 Å². The number of ether oxygens (including phenoxy) is 1. The molecule has 0 aliphatic carbocycles. The molecule has 0 saturated heterocycles. The van der Waals surface area contributed by atoms with Gasteiger partial charge in [0.1, 0.15) is 5.75 Å². The zero-order valence-corrected chi connectivity index (χ0v) is 13.8. The average molecular weight is 322 g/mol. The number of anilines is 1. The lowest BCUT2D eigenvalue weighted by Crippen LogP contribution is -2.58. The number of nitro groups is 1. The number of non-ortho nitro benzene ring substituents is 1. The first kappa shape index (κ1) is 14.8. The van der Waals surface area contributed by atoms with E-state index in [-0.39, 0.29) is 10.6 Å². The largest absolute Gasteiger partial charge is 0.463 e. The lowest BCUT2D eigenvalue weighted by atomic mass is 9.76. The van der Waals surface area contributed by atoms with Crippen LogP contribution in [0.15, 0.2) is 48.5 Å². The van der Waals surface area contributed by atoms with Crippen molar-refractivity contribution in [3.05, 3.63) is 69.8 Å². The summed E-state index contributed by atoms with van der Waals surface area (Å²) in [5.41, 5.74) is 1.85. The highest BCUT2D eigenvalue weighted by atomic mass is 16.6. The zero-order chi connectivity index (χ0) is 17.1. The maximum absolute atomic E-state index is 11.2. The van der Waals surface area contributed by atoms with E-state index in [1.54, 1.807) is 12.1 Å². The van der Waals surface area contributed by atoms with Crippen LogP contribution in [0.25, 0.3) is 6.08 Å². The van der Waals surface area contributed by atoms with Crippen molar-refractivity contribution in [3.63, 3.8) is 0 Å². The van der Waals surface area contributed by atoms with Crippen LogP contribution in [0.2, 0.25) is 0 Å². The number of benzene rings is 2. The number of rotatable bonds is 1. The van der Waals surface area contributed by atoms with Crippen molar-refractivity contribution in [2.45, 2.75) is 25.0 Å². The molecule has 0 amide bonds. The Morgan fingerprint density at radius 1 is 1.17 bits per heavy atom. The van der Waals surface area contributed by atoms with Gasteiger partial charge in [0.25, 0.3) is 5.69 Å². The third-order valence-corrected chi connectivity index (χ3v) is 5.29. The molecule has 2 heterocycles. The Morgan fingerprint density at radius 2 is 1.92 bits per heavy atom. The van der Waals surface area contributed by atoms with E-state index >= 15 is 0 Å². The second-order valence-electron chi connectivity index (χ2n) is 6.81. The molecule has 0 radical (unpaired) electrons. The lowest BCUT2D eigenvalue weighted by Gasteiger charge is -2.45. The van der Waals surface area contributed by atoms with E-state index in [1.165, 1.54) is 0 Å². The summed E-state index contributed by atoms with van der Waals surface area (Å²) in [7, 11) is 1.97. The molecule has 0 aromatic heterocycles. The number of nitro benzene ring substituents is 1. The second-order valence-corrected chi connectivity index (χ2v) is 6.81. The van der Waals surface area contributed by atoms with Crippen LogP contribution < -0.4 is 9.64 Å². The molecule has 5 nitrogen and oxygen atoms in total. The van der Waals surface area contributed by atoms with E-state index in [0.717, 1.165) is 22.6 Å². The molecule has 0 bridgehead atoms. The summed E-state index contributed by atoms with van der Waals surface area (Å²) in [6.45, 7) is 4.13. The molecule has 4 rings (SSSR count). The van der Waals surface area contributed by atoms with Crippen LogP contribution in [-0.2, 0) is 5.41 Å². The fraction of sp³-hybridized carbons (Fsp3) is 0.263. The monoisotopic (exact) mass is 322 g/mol. The Hall–Kier alpha value is -2.82. The SMILES string of the molecule is CN1c2ccc([N+](=O)[O-])cc2C(C)(C)C12C=Cc1ccccc1O2. The molecular weight excluding hydrogens is 304 g/mol. The number of fused-ring (bicyclic) bond motifs is 2. The first-order chi connectivity index (χ1) is 11.4. The predicted molar refractivity (Wildman–Crippen MR) is 93.4 cm³/mol. The molecule has 24 heavy (non-hydrogen) atoms. The summed E-state index contributed by atoms with van der Waals surface area (Å²) < 4.78 is 6.46. The van der Waals surface area contributed by atoms with Gasteiger partial charge in [-0.1, -0.05) is 18.2 Å². The third kappa shape index (κ3) is 1.69. The van der Waals surface area contributed by atoms with Crippen molar-refractivity contribution < 1.29 is 9.66 Å². The predicted octanol–water partition coefficient (Wildman–Crippen LogP) is 4.12. The van der Waals surface area contributed by atoms with E-state index in [4.69, 9.17) is 4.74 Å². The maximum atomic E-state index is 11.2. The molecule has 122 valence electrons. The van der Waals surface area contributed by atoms with E-state index in [0.29, 0.717) is 0 Å². The minimum atomic E-state index is -0.709.